The Kier molecular flexibility index (Phi) is 3.34. The molecule has 17 heavy (non-hydrogen) atoms. The summed E-state index contributed by atoms with van der Waals surface area (Å²) >= 11 is 0. The molecule has 0 aliphatic heterocycles. The zero-order valence-electron chi connectivity index (χ0n) is 8.48. The van der Waals surface area contributed by atoms with Crippen molar-refractivity contribution >= 4 is 25.9 Å². The van der Waals surface area contributed by atoms with E-state index in [4.69, 9.17) is 14.8 Å². The van der Waals surface area contributed by atoms with E-state index in [9.17, 15) is 16.8 Å². The maximum atomic E-state index is 11.1. The van der Waals surface area contributed by atoms with Crippen molar-refractivity contribution in [3.05, 3.63) is 12.1 Å². The zero-order chi connectivity index (χ0) is 13.4. The van der Waals surface area contributed by atoms with Gasteiger partial charge in [0.2, 0.25) is 0 Å². The van der Waals surface area contributed by atoms with Crippen molar-refractivity contribution in [3.8, 4) is 5.75 Å². The van der Waals surface area contributed by atoms with Gasteiger partial charge in [-0.15, -0.1) is 0 Å². The highest BCUT2D eigenvalue weighted by Crippen LogP contribution is 2.35. The van der Waals surface area contributed by atoms with Crippen LogP contribution in [0.2, 0.25) is 0 Å². The number of hydrogen-bond acceptors (Lipinski definition) is 6. The van der Waals surface area contributed by atoms with Gasteiger partial charge in [-0.1, -0.05) is 0 Å². The molecule has 0 aliphatic carbocycles. The highest BCUT2D eigenvalue weighted by atomic mass is 32.2. The first-order valence-electron chi connectivity index (χ1n) is 4.00. The summed E-state index contributed by atoms with van der Waals surface area (Å²) in [5.74, 6) is -0.553. The van der Waals surface area contributed by atoms with E-state index in [2.05, 4.69) is 4.74 Å². The first-order chi connectivity index (χ1) is 7.59. The molecule has 0 radical (unpaired) electrons. The van der Waals surface area contributed by atoms with E-state index >= 15 is 0 Å². The van der Waals surface area contributed by atoms with Gasteiger partial charge in [0, 0.05) is 0 Å². The number of nitrogen functional groups attached to an aromatic ring is 1. The van der Waals surface area contributed by atoms with Crippen LogP contribution < -0.4 is 10.5 Å². The number of methoxy groups -OCH3 is 1. The zero-order valence-corrected chi connectivity index (χ0v) is 10.1. The summed E-state index contributed by atoms with van der Waals surface area (Å²) in [5, 5.41) is 0. The summed E-state index contributed by atoms with van der Waals surface area (Å²) in [5.41, 5.74) is 5.16. The molecule has 0 amide bonds. The minimum Gasteiger partial charge on any atom is -0.493 e. The van der Waals surface area contributed by atoms with Crippen molar-refractivity contribution in [2.24, 2.45) is 0 Å². The van der Waals surface area contributed by atoms with Crippen LogP contribution in [0.25, 0.3) is 0 Å². The minimum atomic E-state index is -4.93. The maximum Gasteiger partial charge on any atom is 0.299 e. The van der Waals surface area contributed by atoms with Gasteiger partial charge in [0.25, 0.3) is 20.2 Å². The van der Waals surface area contributed by atoms with Gasteiger partial charge in [-0.2, -0.15) is 16.8 Å². The molecule has 0 heterocycles. The molecule has 1 aromatic carbocycles. The molecular weight excluding hydrogens is 274 g/mol. The Balaban J connectivity index is 3.90. The van der Waals surface area contributed by atoms with Crippen LogP contribution in [-0.2, 0) is 20.2 Å². The number of hydrogen-bond donors (Lipinski definition) is 3. The third kappa shape index (κ3) is 2.66. The molecule has 0 saturated heterocycles. The van der Waals surface area contributed by atoms with E-state index in [1.165, 1.54) is 0 Å². The van der Waals surface area contributed by atoms with E-state index < -0.39 is 35.8 Å². The Bertz CT molecular complexity index is 647. The minimum absolute atomic E-state index is 0.201. The molecule has 0 saturated carbocycles. The standard InChI is InChI=1S/C7H9NO7S2/c1-15-6-4(8)2-3-5(16(9,10)11)7(6)17(12,13)14/h2-3H,8H2,1H3,(H,9,10,11)(H,12,13,14). The SMILES string of the molecule is COc1c(N)ccc(S(=O)(=O)O)c1S(=O)(=O)O. The average molecular weight is 283 g/mol. The third-order valence-corrected chi connectivity index (χ3v) is 3.79. The van der Waals surface area contributed by atoms with Gasteiger partial charge in [0.1, 0.15) is 4.90 Å². The normalized spacial score (nSPS) is 12.4. The van der Waals surface area contributed by atoms with Crippen molar-refractivity contribution in [2.75, 3.05) is 12.8 Å². The lowest BCUT2D eigenvalue weighted by molar-refractivity contribution is 0.394. The van der Waals surface area contributed by atoms with Crippen LogP contribution in [0, 0.1) is 0 Å². The number of benzene rings is 1. The van der Waals surface area contributed by atoms with E-state index in [0.717, 1.165) is 19.2 Å². The number of anilines is 1. The first kappa shape index (κ1) is 13.7. The molecule has 8 nitrogen and oxygen atoms in total. The lowest BCUT2D eigenvalue weighted by Gasteiger charge is -2.11. The fraction of sp³-hybridized carbons (Fsp3) is 0.143. The lowest BCUT2D eigenvalue weighted by Crippen LogP contribution is -2.11. The summed E-state index contributed by atoms with van der Waals surface area (Å²) in [7, 11) is -8.73. The lowest BCUT2D eigenvalue weighted by atomic mass is 10.3. The molecule has 0 spiro atoms. The predicted octanol–water partition coefficient (Wildman–Crippen LogP) is -0.229. The summed E-state index contributed by atoms with van der Waals surface area (Å²) in [6.07, 6.45) is 0. The van der Waals surface area contributed by atoms with Gasteiger partial charge in [-0.3, -0.25) is 9.11 Å². The smallest absolute Gasteiger partial charge is 0.299 e. The van der Waals surface area contributed by atoms with Gasteiger partial charge in [-0.05, 0) is 12.1 Å². The van der Waals surface area contributed by atoms with Crippen molar-refractivity contribution in [2.45, 2.75) is 9.79 Å². The Labute approximate surface area is 97.5 Å². The summed E-state index contributed by atoms with van der Waals surface area (Å²) in [4.78, 5) is -2.10. The second kappa shape index (κ2) is 4.14. The Morgan fingerprint density at radius 2 is 1.65 bits per heavy atom. The van der Waals surface area contributed by atoms with Gasteiger partial charge < -0.3 is 10.5 Å². The van der Waals surface area contributed by atoms with Crippen molar-refractivity contribution in [1.29, 1.82) is 0 Å². The fourth-order valence-corrected chi connectivity index (χ4v) is 3.17. The molecule has 0 fully saturated rings. The molecule has 0 bridgehead atoms. The monoisotopic (exact) mass is 283 g/mol. The van der Waals surface area contributed by atoms with Gasteiger partial charge in [0.05, 0.1) is 12.8 Å². The van der Waals surface area contributed by atoms with Gasteiger partial charge in [0.15, 0.2) is 10.6 Å². The van der Waals surface area contributed by atoms with Gasteiger partial charge in [-0.25, -0.2) is 0 Å². The molecule has 4 N–H and O–H groups in total. The Hall–Kier alpha value is -1.36. The molecule has 10 heteroatoms. The number of rotatable bonds is 3. The van der Waals surface area contributed by atoms with Crippen LogP contribution >= 0.6 is 0 Å². The summed E-state index contributed by atoms with van der Waals surface area (Å²) in [6.45, 7) is 0. The molecule has 1 rings (SSSR count). The van der Waals surface area contributed by atoms with Crippen molar-refractivity contribution < 1.29 is 30.7 Å². The Morgan fingerprint density at radius 3 is 2.00 bits per heavy atom. The predicted molar refractivity (Wildman–Crippen MR) is 57.0 cm³/mol. The van der Waals surface area contributed by atoms with E-state index in [1.807, 2.05) is 0 Å². The molecule has 0 atom stereocenters. The number of nitrogens with two attached hydrogens (primary N) is 1. The molecule has 1 aromatic rings. The summed E-state index contributed by atoms with van der Waals surface area (Å²) in [6, 6.07) is 1.77. The van der Waals surface area contributed by atoms with Crippen molar-refractivity contribution in [3.63, 3.8) is 0 Å². The molecule has 96 valence electrons. The summed E-state index contributed by atoms with van der Waals surface area (Å²) < 4.78 is 66.5. The largest absolute Gasteiger partial charge is 0.493 e. The van der Waals surface area contributed by atoms with Crippen LogP contribution in [0.4, 0.5) is 5.69 Å². The molecule has 0 unspecified atom stereocenters. The van der Waals surface area contributed by atoms with E-state index in [0.29, 0.717) is 0 Å². The Morgan fingerprint density at radius 1 is 1.12 bits per heavy atom. The third-order valence-electron chi connectivity index (χ3n) is 1.85. The quantitative estimate of drug-likeness (QED) is 0.509. The van der Waals surface area contributed by atoms with E-state index in [1.54, 1.807) is 0 Å². The topological polar surface area (TPSA) is 144 Å². The highest BCUT2D eigenvalue weighted by molar-refractivity contribution is 7.89. The average Bonchev–Trinajstić information content (AvgIpc) is 2.13. The highest BCUT2D eigenvalue weighted by Gasteiger charge is 2.29. The molecular formula is C7H9NO7S2. The first-order valence-corrected chi connectivity index (χ1v) is 6.88. The van der Waals surface area contributed by atoms with Crippen LogP contribution in [0.5, 0.6) is 5.75 Å². The van der Waals surface area contributed by atoms with Gasteiger partial charge >= 0.3 is 0 Å². The van der Waals surface area contributed by atoms with Crippen LogP contribution in [-0.4, -0.2) is 33.1 Å². The van der Waals surface area contributed by atoms with Crippen LogP contribution in [0.15, 0.2) is 21.9 Å². The second-order valence-electron chi connectivity index (χ2n) is 2.97. The van der Waals surface area contributed by atoms with Crippen molar-refractivity contribution in [1.82, 2.24) is 0 Å². The molecule has 0 aliphatic rings. The maximum absolute atomic E-state index is 11.1. The number of ether oxygens (including phenoxy) is 1. The van der Waals surface area contributed by atoms with Crippen LogP contribution in [0.3, 0.4) is 0 Å². The second-order valence-corrected chi connectivity index (χ2v) is 5.71. The van der Waals surface area contributed by atoms with E-state index in [-0.39, 0.29) is 5.69 Å². The molecule has 0 aromatic heterocycles. The fourth-order valence-electron chi connectivity index (χ4n) is 1.22. The van der Waals surface area contributed by atoms with Crippen LogP contribution in [0.1, 0.15) is 0 Å².